The third-order valence-electron chi connectivity index (χ3n) is 4.07. The normalized spacial score (nSPS) is 10.8. The molecule has 0 bridgehead atoms. The predicted octanol–water partition coefficient (Wildman–Crippen LogP) is 3.71. The summed E-state index contributed by atoms with van der Waals surface area (Å²) in [7, 11) is 1.85. The largest absolute Gasteiger partial charge is 0.490 e. The highest BCUT2D eigenvalue weighted by atomic mass is 19.4. The number of hydrogen-bond acceptors (Lipinski definition) is 3. The molecule has 10 heteroatoms. The topological polar surface area (TPSA) is 89.2 Å². The Hall–Kier alpha value is -3.56. The molecule has 0 aliphatic heterocycles. The predicted molar refractivity (Wildman–Crippen MR) is 100 cm³/mol. The molecule has 0 spiro atoms. The van der Waals surface area contributed by atoms with Crippen molar-refractivity contribution >= 4 is 17.6 Å². The number of aromatic nitrogens is 3. The lowest BCUT2D eigenvalue weighted by Crippen LogP contribution is -2.21. The minimum atomic E-state index is -5.08. The van der Waals surface area contributed by atoms with Gasteiger partial charge in [0, 0.05) is 30.3 Å². The fourth-order valence-electron chi connectivity index (χ4n) is 2.36. The molecule has 7 nitrogen and oxygen atoms in total. The number of imidazole rings is 1. The minimum absolute atomic E-state index is 0.116. The van der Waals surface area contributed by atoms with Gasteiger partial charge in [-0.05, 0) is 50.2 Å². The fraction of sp³-hybridized carbons (Fsp3) is 0.211. The molecular formula is C19H19F3N4O3. The smallest absolute Gasteiger partial charge is 0.475 e. The molecule has 0 atom stereocenters. The number of carboxylic acid groups (broad SMARTS) is 1. The number of carbonyl (C=O) groups is 2. The summed E-state index contributed by atoms with van der Waals surface area (Å²) >= 11 is 0. The second-order valence-electron chi connectivity index (χ2n) is 6.09. The van der Waals surface area contributed by atoms with Crippen LogP contribution in [0.4, 0.5) is 18.9 Å². The highest BCUT2D eigenvalue weighted by Crippen LogP contribution is 2.17. The number of nitrogens with zero attached hydrogens (tertiary/aromatic N) is 3. The number of alkyl halides is 3. The van der Waals surface area contributed by atoms with E-state index in [9.17, 15) is 18.0 Å². The van der Waals surface area contributed by atoms with Crippen molar-refractivity contribution in [3.63, 3.8) is 0 Å². The molecular weight excluding hydrogens is 389 g/mol. The van der Waals surface area contributed by atoms with Gasteiger partial charge in [0.25, 0.3) is 5.91 Å². The van der Waals surface area contributed by atoms with Gasteiger partial charge < -0.3 is 19.6 Å². The molecule has 2 heterocycles. The maximum atomic E-state index is 12.2. The molecule has 0 aliphatic rings. The molecule has 0 saturated carbocycles. The molecule has 3 aromatic rings. The zero-order valence-electron chi connectivity index (χ0n) is 15.9. The number of nitrogens with one attached hydrogen (secondary N) is 1. The Labute approximate surface area is 164 Å². The molecule has 0 radical (unpaired) electrons. The number of amides is 1. The molecule has 29 heavy (non-hydrogen) atoms. The van der Waals surface area contributed by atoms with Gasteiger partial charge in [-0.25, -0.2) is 9.78 Å². The van der Waals surface area contributed by atoms with Crippen molar-refractivity contribution in [1.29, 1.82) is 0 Å². The van der Waals surface area contributed by atoms with E-state index in [0.717, 1.165) is 22.8 Å². The molecule has 3 rings (SSSR count). The maximum absolute atomic E-state index is 12.2. The van der Waals surface area contributed by atoms with E-state index in [1.807, 2.05) is 68.3 Å². The Balaban J connectivity index is 0.000000370. The Morgan fingerprint density at radius 2 is 1.69 bits per heavy atom. The van der Waals surface area contributed by atoms with Gasteiger partial charge in [-0.3, -0.25) is 4.79 Å². The van der Waals surface area contributed by atoms with Crippen molar-refractivity contribution in [1.82, 2.24) is 14.1 Å². The summed E-state index contributed by atoms with van der Waals surface area (Å²) in [6, 6.07) is 11.4. The van der Waals surface area contributed by atoms with Crippen molar-refractivity contribution in [2.45, 2.75) is 20.0 Å². The van der Waals surface area contributed by atoms with Crippen LogP contribution in [0.2, 0.25) is 0 Å². The second-order valence-corrected chi connectivity index (χ2v) is 6.09. The molecule has 0 saturated heterocycles. The number of hydrogen-bond donors (Lipinski definition) is 2. The Morgan fingerprint density at radius 3 is 2.10 bits per heavy atom. The van der Waals surface area contributed by atoms with Crippen LogP contribution in [0.5, 0.6) is 0 Å². The molecule has 0 fully saturated rings. The molecule has 0 aliphatic carbocycles. The van der Waals surface area contributed by atoms with E-state index >= 15 is 0 Å². The van der Waals surface area contributed by atoms with Gasteiger partial charge in [-0.1, -0.05) is 0 Å². The van der Waals surface area contributed by atoms with Crippen LogP contribution in [0, 0.1) is 13.8 Å². The summed E-state index contributed by atoms with van der Waals surface area (Å²) in [4.78, 5) is 25.4. The van der Waals surface area contributed by atoms with Crippen molar-refractivity contribution in [2.24, 2.45) is 7.05 Å². The number of anilines is 1. The number of rotatable bonds is 3. The van der Waals surface area contributed by atoms with Crippen LogP contribution < -0.4 is 5.32 Å². The van der Waals surface area contributed by atoms with E-state index < -0.39 is 12.1 Å². The van der Waals surface area contributed by atoms with Crippen molar-refractivity contribution in [3.8, 4) is 5.69 Å². The van der Waals surface area contributed by atoms with Crippen molar-refractivity contribution in [3.05, 3.63) is 66.0 Å². The lowest BCUT2D eigenvalue weighted by atomic mass is 10.2. The van der Waals surface area contributed by atoms with E-state index in [1.54, 1.807) is 10.6 Å². The average Bonchev–Trinajstić information content (AvgIpc) is 3.22. The average molecular weight is 408 g/mol. The van der Waals surface area contributed by atoms with Gasteiger partial charge in [-0.15, -0.1) is 0 Å². The summed E-state index contributed by atoms with van der Waals surface area (Å²) in [5.41, 5.74) is 4.55. The second kappa shape index (κ2) is 8.63. The van der Waals surface area contributed by atoms with Crippen LogP contribution in [-0.2, 0) is 11.8 Å². The highest BCUT2D eigenvalue weighted by Gasteiger charge is 2.38. The monoisotopic (exact) mass is 408 g/mol. The summed E-state index contributed by atoms with van der Waals surface area (Å²) in [6.07, 6.45) is -1.43. The highest BCUT2D eigenvalue weighted by molar-refractivity contribution is 6.03. The molecule has 2 aromatic heterocycles. The number of benzene rings is 1. The van der Waals surface area contributed by atoms with Crippen molar-refractivity contribution < 1.29 is 27.9 Å². The minimum Gasteiger partial charge on any atom is -0.475 e. The number of halogens is 3. The van der Waals surface area contributed by atoms with E-state index in [2.05, 4.69) is 10.3 Å². The van der Waals surface area contributed by atoms with Crippen LogP contribution in [0.25, 0.3) is 5.69 Å². The first-order valence-electron chi connectivity index (χ1n) is 8.34. The first-order chi connectivity index (χ1) is 13.5. The lowest BCUT2D eigenvalue weighted by Gasteiger charge is -2.09. The number of carboxylic acids is 1. The zero-order chi connectivity index (χ0) is 21.8. The fourth-order valence-corrected chi connectivity index (χ4v) is 2.36. The summed E-state index contributed by atoms with van der Waals surface area (Å²) in [6.45, 7) is 4.02. The van der Waals surface area contributed by atoms with Gasteiger partial charge in [-0.2, -0.15) is 13.2 Å². The van der Waals surface area contributed by atoms with Crippen molar-refractivity contribution in [2.75, 3.05) is 5.32 Å². The zero-order valence-corrected chi connectivity index (χ0v) is 15.9. The van der Waals surface area contributed by atoms with Crippen LogP contribution >= 0.6 is 0 Å². The first kappa shape index (κ1) is 21.7. The van der Waals surface area contributed by atoms with Gasteiger partial charge in [0.05, 0.1) is 12.0 Å². The maximum Gasteiger partial charge on any atom is 0.490 e. The summed E-state index contributed by atoms with van der Waals surface area (Å²) in [5.74, 6) is -2.87. The van der Waals surface area contributed by atoms with Crippen LogP contribution in [0.1, 0.15) is 21.9 Å². The van der Waals surface area contributed by atoms with Crippen LogP contribution in [-0.4, -0.2) is 37.3 Å². The first-order valence-corrected chi connectivity index (χ1v) is 8.34. The SMILES string of the molecule is Cc1ncn(-c2ccc(NC(=O)c3cccn3C)cc2)c1C.O=C(O)C(F)(F)F. The van der Waals surface area contributed by atoms with Gasteiger partial charge >= 0.3 is 12.1 Å². The van der Waals surface area contributed by atoms with Gasteiger partial charge in [0.1, 0.15) is 5.69 Å². The van der Waals surface area contributed by atoms with E-state index in [-0.39, 0.29) is 5.91 Å². The van der Waals surface area contributed by atoms with Gasteiger partial charge in [0.2, 0.25) is 0 Å². The van der Waals surface area contributed by atoms with Crippen LogP contribution in [0.15, 0.2) is 48.9 Å². The molecule has 1 amide bonds. The third-order valence-corrected chi connectivity index (χ3v) is 4.07. The molecule has 1 aromatic carbocycles. The Bertz CT molecular complexity index is 1000. The molecule has 154 valence electrons. The third kappa shape index (κ3) is 5.47. The van der Waals surface area contributed by atoms with Gasteiger partial charge in [0.15, 0.2) is 0 Å². The lowest BCUT2D eigenvalue weighted by molar-refractivity contribution is -0.192. The number of aliphatic carboxylic acids is 1. The Morgan fingerprint density at radius 1 is 1.10 bits per heavy atom. The quantitative estimate of drug-likeness (QED) is 0.691. The Kier molecular flexibility index (Phi) is 6.47. The summed E-state index contributed by atoms with van der Waals surface area (Å²) in [5, 5.41) is 10.0. The summed E-state index contributed by atoms with van der Waals surface area (Å²) < 4.78 is 35.6. The van der Waals surface area contributed by atoms with E-state index in [0.29, 0.717) is 5.69 Å². The standard InChI is InChI=1S/C17H18N4O.C2HF3O2/c1-12-13(2)21(11-18-12)15-8-6-14(7-9-15)19-17(22)16-5-4-10-20(16)3;3-2(4,5)1(6)7/h4-11H,1-3H3,(H,19,22);(H,6,7). The van der Waals surface area contributed by atoms with E-state index in [1.165, 1.54) is 0 Å². The van der Waals surface area contributed by atoms with Crippen LogP contribution in [0.3, 0.4) is 0 Å². The molecule has 0 unspecified atom stereocenters. The van der Waals surface area contributed by atoms with E-state index in [4.69, 9.17) is 9.90 Å². The number of aryl methyl sites for hydroxylation is 2. The number of carbonyl (C=O) groups excluding carboxylic acids is 1. The molecule has 2 N–H and O–H groups in total.